The fourth-order valence-corrected chi connectivity index (χ4v) is 3.74. The minimum atomic E-state index is -0.554. The molecule has 0 saturated heterocycles. The van der Waals surface area contributed by atoms with Gasteiger partial charge in [-0.1, -0.05) is 17.7 Å². The van der Waals surface area contributed by atoms with Gasteiger partial charge in [-0.2, -0.15) is 0 Å². The van der Waals surface area contributed by atoms with E-state index in [0.717, 1.165) is 33.4 Å². The van der Waals surface area contributed by atoms with Crippen LogP contribution < -0.4 is 0 Å². The summed E-state index contributed by atoms with van der Waals surface area (Å²) in [6, 6.07) is 9.89. The van der Waals surface area contributed by atoms with E-state index in [9.17, 15) is 4.79 Å². The van der Waals surface area contributed by atoms with Gasteiger partial charge in [0.25, 0.3) is 0 Å². The van der Waals surface area contributed by atoms with Crippen LogP contribution >= 0.6 is 0 Å². The Balaban J connectivity index is 1.82. The van der Waals surface area contributed by atoms with Crippen molar-refractivity contribution in [3.05, 3.63) is 64.6 Å². The molecular weight excluding hydrogens is 374 g/mol. The van der Waals surface area contributed by atoms with Gasteiger partial charge < -0.3 is 14.2 Å². The van der Waals surface area contributed by atoms with E-state index in [0.29, 0.717) is 25.1 Å². The molecule has 2 aromatic heterocycles. The quantitative estimate of drug-likeness (QED) is 0.560. The van der Waals surface area contributed by atoms with Crippen molar-refractivity contribution in [2.75, 3.05) is 6.54 Å². The van der Waals surface area contributed by atoms with E-state index in [-0.39, 0.29) is 18.3 Å². The third-order valence-electron chi connectivity index (χ3n) is 5.18. The largest absolute Gasteiger partial charge is 0.444 e. The Morgan fingerprint density at radius 1 is 1.23 bits per heavy atom. The molecule has 1 aliphatic heterocycles. The summed E-state index contributed by atoms with van der Waals surface area (Å²) in [6.45, 7) is 10.4. The maximum Gasteiger partial charge on any atom is 0.410 e. The van der Waals surface area contributed by atoms with Crippen molar-refractivity contribution < 1.29 is 12.3 Å². The molecule has 0 spiro atoms. The summed E-state index contributed by atoms with van der Waals surface area (Å²) in [4.78, 5) is 18.7. The molecule has 5 nitrogen and oxygen atoms in total. The second-order valence-electron chi connectivity index (χ2n) is 8.86. The number of amides is 1. The van der Waals surface area contributed by atoms with E-state index in [1.165, 1.54) is 0 Å². The highest BCUT2D eigenvalue weighted by atomic mass is 16.6. The lowest BCUT2D eigenvalue weighted by atomic mass is 10.0. The van der Waals surface area contributed by atoms with Crippen LogP contribution in [0.15, 0.2) is 36.5 Å². The first-order valence-electron chi connectivity index (χ1n) is 11.3. The Hall–Kier alpha value is -3.08. The molecule has 5 heteroatoms. The summed E-state index contributed by atoms with van der Waals surface area (Å²) in [5.74, 6) is 0. The molecule has 3 heterocycles. The van der Waals surface area contributed by atoms with Crippen LogP contribution in [0.3, 0.4) is 0 Å². The Morgan fingerprint density at radius 2 is 2.03 bits per heavy atom. The Kier molecular flexibility index (Phi) is 4.52. The molecule has 0 fully saturated rings. The number of carbonyl (C=O) groups is 1. The van der Waals surface area contributed by atoms with Gasteiger partial charge >= 0.3 is 6.09 Å². The molecule has 1 aliphatic rings. The number of hydrogen-bond donors (Lipinski definition) is 0. The molecule has 4 rings (SSSR count). The Bertz CT molecular complexity index is 1220. The molecule has 156 valence electrons. The van der Waals surface area contributed by atoms with Gasteiger partial charge in [0.15, 0.2) is 0 Å². The lowest BCUT2D eigenvalue weighted by Gasteiger charge is -2.30. The van der Waals surface area contributed by atoms with Crippen LogP contribution in [-0.2, 0) is 17.7 Å². The summed E-state index contributed by atoms with van der Waals surface area (Å²) in [7, 11) is 0. The first-order valence-corrected chi connectivity index (χ1v) is 10.3. The zero-order valence-electron chi connectivity index (χ0n) is 20.2. The number of pyridine rings is 1. The second kappa shape index (κ2) is 7.63. The van der Waals surface area contributed by atoms with E-state index in [4.69, 9.17) is 7.48 Å². The highest BCUT2D eigenvalue weighted by Crippen LogP contribution is 2.32. The van der Waals surface area contributed by atoms with E-state index < -0.39 is 5.60 Å². The minimum absolute atomic E-state index is 0.108. The smallest absolute Gasteiger partial charge is 0.410 e. The van der Waals surface area contributed by atoms with Crippen molar-refractivity contribution in [3.63, 3.8) is 0 Å². The second-order valence-corrected chi connectivity index (χ2v) is 8.86. The predicted octanol–water partition coefficient (Wildman–Crippen LogP) is 5.57. The number of hydrogen-bond acceptors (Lipinski definition) is 3. The van der Waals surface area contributed by atoms with Crippen LogP contribution in [0, 0.1) is 13.8 Å². The lowest BCUT2D eigenvalue weighted by Crippen LogP contribution is -2.40. The summed E-state index contributed by atoms with van der Waals surface area (Å²) >= 11 is 0. The van der Waals surface area contributed by atoms with E-state index in [1.54, 1.807) is 11.1 Å². The van der Waals surface area contributed by atoms with E-state index in [1.807, 2.05) is 63.5 Å². The Labute approximate surface area is 180 Å². The van der Waals surface area contributed by atoms with Crippen LogP contribution in [0.1, 0.15) is 51.6 Å². The van der Waals surface area contributed by atoms with Crippen LogP contribution in [0.5, 0.6) is 0 Å². The molecule has 0 N–H and O–H groups in total. The molecular formula is C25H29N3O2. The highest BCUT2D eigenvalue weighted by molar-refractivity contribution is 5.89. The third-order valence-corrected chi connectivity index (χ3v) is 5.18. The van der Waals surface area contributed by atoms with Crippen molar-refractivity contribution in [2.45, 2.75) is 53.2 Å². The van der Waals surface area contributed by atoms with Gasteiger partial charge in [0.2, 0.25) is 0 Å². The van der Waals surface area contributed by atoms with Gasteiger partial charge in [0.05, 0.1) is 14.8 Å². The zero-order valence-corrected chi connectivity index (χ0v) is 18.2. The van der Waals surface area contributed by atoms with Crippen LogP contribution in [0.25, 0.3) is 23.1 Å². The third kappa shape index (κ3) is 4.11. The molecule has 0 unspecified atom stereocenters. The van der Waals surface area contributed by atoms with Crippen molar-refractivity contribution in [3.8, 4) is 0 Å². The number of carbonyl (C=O) groups excluding carboxylic acids is 1. The lowest BCUT2D eigenvalue weighted by molar-refractivity contribution is 0.0224. The molecule has 0 saturated carbocycles. The summed E-state index contributed by atoms with van der Waals surface area (Å²) in [5.41, 5.74) is 4.89. The molecule has 0 bridgehead atoms. The molecule has 0 atom stereocenters. The fourth-order valence-electron chi connectivity index (χ4n) is 3.74. The van der Waals surface area contributed by atoms with Gasteiger partial charge in [0.1, 0.15) is 5.60 Å². The Morgan fingerprint density at radius 3 is 2.73 bits per heavy atom. The van der Waals surface area contributed by atoms with Crippen LogP contribution in [0.4, 0.5) is 4.79 Å². The van der Waals surface area contributed by atoms with Crippen molar-refractivity contribution in [1.29, 1.82) is 0 Å². The van der Waals surface area contributed by atoms with E-state index >= 15 is 0 Å². The van der Waals surface area contributed by atoms with E-state index in [2.05, 4.69) is 11.1 Å². The number of aryl methyl sites for hydroxylation is 2. The van der Waals surface area contributed by atoms with Crippen LogP contribution in [-0.4, -0.2) is 32.7 Å². The predicted molar refractivity (Wildman–Crippen MR) is 121 cm³/mol. The monoisotopic (exact) mass is 405 g/mol. The average molecular weight is 406 g/mol. The normalized spacial score (nSPS) is 16.0. The summed E-state index contributed by atoms with van der Waals surface area (Å²) < 4.78 is 25.0. The molecule has 30 heavy (non-hydrogen) atoms. The standard InChI is InChI=1S/C25H29N3O2/c1-17-6-9-22-20(14-17)21-16-27(24(29)30-25(3,4)5)12-11-23(21)28(22)13-10-19-8-7-18(2)26-15-19/h6-10,13-15H,11-12,16H2,1-5H3/i10D,13D. The fraction of sp³-hybridized carbons (Fsp3) is 0.360. The van der Waals surface area contributed by atoms with Gasteiger partial charge in [-0.25, -0.2) is 4.79 Å². The van der Waals surface area contributed by atoms with Gasteiger partial charge in [-0.05, 0) is 64.4 Å². The number of ether oxygens (including phenoxy) is 1. The number of nitrogens with zero attached hydrogens (tertiary/aromatic N) is 3. The molecule has 0 aliphatic carbocycles. The number of rotatable bonds is 2. The average Bonchev–Trinajstić information content (AvgIpc) is 3.05. The van der Waals surface area contributed by atoms with Crippen molar-refractivity contribution >= 4 is 29.2 Å². The van der Waals surface area contributed by atoms with Crippen LogP contribution in [0.2, 0.25) is 0 Å². The molecule has 1 amide bonds. The number of benzene rings is 1. The topological polar surface area (TPSA) is 47.4 Å². The van der Waals surface area contributed by atoms with Gasteiger partial charge in [-0.3, -0.25) is 4.98 Å². The summed E-state index contributed by atoms with van der Waals surface area (Å²) in [6.07, 6.45) is 2.00. The van der Waals surface area contributed by atoms with Crippen molar-refractivity contribution in [1.82, 2.24) is 14.5 Å². The highest BCUT2D eigenvalue weighted by Gasteiger charge is 2.29. The molecule has 1 aromatic carbocycles. The SMILES string of the molecule is [2H]C(=C([2H])n1c2c(c3cc(C)ccc31)CN(C(=O)OC(C)(C)C)CC2)c1ccc(C)nc1. The maximum absolute atomic E-state index is 12.7. The number of aromatic nitrogens is 2. The zero-order chi connectivity index (χ0) is 23.2. The number of fused-ring (bicyclic) bond motifs is 3. The summed E-state index contributed by atoms with van der Waals surface area (Å²) in [5, 5.41) is 1.01. The van der Waals surface area contributed by atoms with Crippen molar-refractivity contribution in [2.24, 2.45) is 0 Å². The first-order chi connectivity index (χ1) is 15.0. The molecule has 0 radical (unpaired) electrons. The first kappa shape index (κ1) is 17.8. The maximum atomic E-state index is 12.7. The minimum Gasteiger partial charge on any atom is -0.444 e. The van der Waals surface area contributed by atoms with Gasteiger partial charge in [-0.15, -0.1) is 0 Å². The van der Waals surface area contributed by atoms with Gasteiger partial charge in [0, 0.05) is 47.7 Å². The molecule has 3 aromatic rings.